The highest BCUT2D eigenvalue weighted by molar-refractivity contribution is 6.30. The average Bonchev–Trinajstić information content (AvgIpc) is 2.98. The minimum Gasteiger partial charge on any atom is -0.360 e. The normalized spacial score (nSPS) is 11.7. The van der Waals surface area contributed by atoms with Gasteiger partial charge >= 0.3 is 0 Å². The molecule has 0 amide bonds. The third-order valence-electron chi connectivity index (χ3n) is 3.79. The molecule has 0 saturated carbocycles. The van der Waals surface area contributed by atoms with Gasteiger partial charge in [-0.05, 0) is 29.7 Å². The fourth-order valence-corrected chi connectivity index (χ4v) is 2.80. The van der Waals surface area contributed by atoms with Crippen LogP contribution in [0, 0.1) is 0 Å². The van der Waals surface area contributed by atoms with Crippen LogP contribution in [0.15, 0.2) is 71.9 Å². The molecule has 1 aromatic heterocycles. The molecule has 0 radical (unpaired) electrons. The molecule has 4 rings (SSSR count). The molecule has 1 N–H and O–H groups in total. The zero-order valence-electron chi connectivity index (χ0n) is 11.8. The number of aromatic nitrogens is 1. The van der Waals surface area contributed by atoms with Crippen molar-refractivity contribution < 1.29 is 0 Å². The van der Waals surface area contributed by atoms with Gasteiger partial charge in [-0.1, -0.05) is 48.0 Å². The number of rotatable bonds is 2. The second-order valence-corrected chi connectivity index (χ2v) is 5.62. The van der Waals surface area contributed by atoms with Crippen LogP contribution in [0.3, 0.4) is 0 Å². The van der Waals surface area contributed by atoms with Gasteiger partial charge in [-0.2, -0.15) is 0 Å². The first-order valence-corrected chi connectivity index (χ1v) is 7.47. The zero-order chi connectivity index (χ0) is 14.9. The molecule has 0 aliphatic rings. The van der Waals surface area contributed by atoms with E-state index in [-0.39, 0.29) is 0 Å². The Morgan fingerprint density at radius 3 is 2.55 bits per heavy atom. The second-order valence-electron chi connectivity index (χ2n) is 5.19. The Morgan fingerprint density at radius 2 is 1.68 bits per heavy atom. The SMILES string of the molecule is Clc1ccc(N=Cc2c[nH]c3c2ccc2ccccc23)cc1. The fraction of sp³-hybridized carbons (Fsp3) is 0. The molecule has 3 aromatic carbocycles. The molecule has 0 aliphatic carbocycles. The van der Waals surface area contributed by atoms with E-state index >= 15 is 0 Å². The Bertz CT molecular complexity index is 981. The summed E-state index contributed by atoms with van der Waals surface area (Å²) in [6.07, 6.45) is 3.88. The summed E-state index contributed by atoms with van der Waals surface area (Å²) in [5.41, 5.74) is 3.12. The van der Waals surface area contributed by atoms with E-state index in [9.17, 15) is 0 Å². The van der Waals surface area contributed by atoms with Crippen molar-refractivity contribution in [3.8, 4) is 0 Å². The van der Waals surface area contributed by atoms with Crippen LogP contribution in [-0.2, 0) is 0 Å². The third kappa shape index (κ3) is 2.28. The van der Waals surface area contributed by atoms with Gasteiger partial charge in [0, 0.05) is 33.8 Å². The molecule has 0 atom stereocenters. The van der Waals surface area contributed by atoms with Crippen molar-refractivity contribution in [3.63, 3.8) is 0 Å². The lowest BCUT2D eigenvalue weighted by molar-refractivity contribution is 1.48. The van der Waals surface area contributed by atoms with Gasteiger partial charge in [0.2, 0.25) is 0 Å². The van der Waals surface area contributed by atoms with Crippen LogP contribution < -0.4 is 0 Å². The lowest BCUT2D eigenvalue weighted by Crippen LogP contribution is -1.78. The van der Waals surface area contributed by atoms with Gasteiger partial charge in [0.15, 0.2) is 0 Å². The van der Waals surface area contributed by atoms with E-state index in [0.717, 1.165) is 21.8 Å². The largest absolute Gasteiger partial charge is 0.360 e. The number of aliphatic imine (C=N–C) groups is 1. The van der Waals surface area contributed by atoms with Gasteiger partial charge in [0.05, 0.1) is 11.2 Å². The summed E-state index contributed by atoms with van der Waals surface area (Å²) in [5, 5.41) is 4.36. The van der Waals surface area contributed by atoms with Crippen LogP contribution in [-0.4, -0.2) is 11.2 Å². The summed E-state index contributed by atoms with van der Waals surface area (Å²) in [6, 6.07) is 20.2. The van der Waals surface area contributed by atoms with Gasteiger partial charge in [-0.25, -0.2) is 0 Å². The van der Waals surface area contributed by atoms with Gasteiger partial charge < -0.3 is 4.98 Å². The summed E-state index contributed by atoms with van der Waals surface area (Å²) in [4.78, 5) is 7.88. The Labute approximate surface area is 133 Å². The number of hydrogen-bond acceptors (Lipinski definition) is 1. The van der Waals surface area contributed by atoms with Gasteiger partial charge in [-0.3, -0.25) is 4.99 Å². The monoisotopic (exact) mass is 304 g/mol. The van der Waals surface area contributed by atoms with Crippen molar-refractivity contribution in [2.24, 2.45) is 4.99 Å². The van der Waals surface area contributed by atoms with Gasteiger partial charge in [0.25, 0.3) is 0 Å². The number of fused-ring (bicyclic) bond motifs is 3. The van der Waals surface area contributed by atoms with E-state index in [1.54, 1.807) is 0 Å². The van der Waals surface area contributed by atoms with Crippen LogP contribution >= 0.6 is 11.6 Å². The number of halogens is 1. The van der Waals surface area contributed by atoms with Crippen LogP contribution in [0.25, 0.3) is 21.7 Å². The van der Waals surface area contributed by atoms with Crippen molar-refractivity contribution in [1.82, 2.24) is 4.98 Å². The quantitative estimate of drug-likeness (QED) is 0.458. The first-order valence-electron chi connectivity index (χ1n) is 7.10. The van der Waals surface area contributed by atoms with E-state index in [1.807, 2.05) is 36.7 Å². The van der Waals surface area contributed by atoms with Crippen molar-refractivity contribution in [2.45, 2.75) is 0 Å². The highest BCUT2D eigenvalue weighted by atomic mass is 35.5. The molecule has 0 unspecified atom stereocenters. The molecule has 0 bridgehead atoms. The Balaban J connectivity index is 1.79. The first-order chi connectivity index (χ1) is 10.8. The van der Waals surface area contributed by atoms with Crippen LogP contribution in [0.4, 0.5) is 5.69 Å². The zero-order valence-corrected chi connectivity index (χ0v) is 12.5. The van der Waals surface area contributed by atoms with Crippen LogP contribution in [0.5, 0.6) is 0 Å². The molecule has 106 valence electrons. The highest BCUT2D eigenvalue weighted by Gasteiger charge is 2.05. The van der Waals surface area contributed by atoms with Gasteiger partial charge in [-0.15, -0.1) is 0 Å². The molecule has 22 heavy (non-hydrogen) atoms. The number of nitrogens with zero attached hydrogens (tertiary/aromatic N) is 1. The molecule has 0 aliphatic heterocycles. The highest BCUT2D eigenvalue weighted by Crippen LogP contribution is 2.26. The molecule has 0 spiro atoms. The maximum absolute atomic E-state index is 5.89. The third-order valence-corrected chi connectivity index (χ3v) is 4.04. The maximum atomic E-state index is 5.89. The minimum absolute atomic E-state index is 0.720. The maximum Gasteiger partial charge on any atom is 0.0630 e. The summed E-state index contributed by atoms with van der Waals surface area (Å²) in [6.45, 7) is 0. The molecule has 2 nitrogen and oxygen atoms in total. The van der Waals surface area contributed by atoms with E-state index < -0.39 is 0 Å². The molecular formula is C19H13ClN2. The number of benzene rings is 3. The van der Waals surface area contributed by atoms with E-state index in [0.29, 0.717) is 0 Å². The molecule has 0 saturated heterocycles. The van der Waals surface area contributed by atoms with Crippen molar-refractivity contribution in [1.29, 1.82) is 0 Å². The Hall–Kier alpha value is -2.58. The minimum atomic E-state index is 0.720. The molecule has 0 fully saturated rings. The predicted octanol–water partition coefficient (Wildman–Crippen LogP) is 5.73. The Kier molecular flexibility index (Phi) is 3.17. The molecule has 4 aromatic rings. The Morgan fingerprint density at radius 1 is 0.864 bits per heavy atom. The summed E-state index contributed by atoms with van der Waals surface area (Å²) in [7, 11) is 0. The number of aromatic amines is 1. The number of H-pyrrole nitrogens is 1. The molecule has 3 heteroatoms. The molecular weight excluding hydrogens is 292 g/mol. The predicted molar refractivity (Wildman–Crippen MR) is 94.5 cm³/mol. The van der Waals surface area contributed by atoms with Crippen molar-refractivity contribution in [2.75, 3.05) is 0 Å². The summed E-state index contributed by atoms with van der Waals surface area (Å²) < 4.78 is 0. The summed E-state index contributed by atoms with van der Waals surface area (Å²) in [5.74, 6) is 0. The van der Waals surface area contributed by atoms with E-state index in [1.165, 1.54) is 16.2 Å². The number of nitrogens with one attached hydrogen (secondary N) is 1. The second kappa shape index (κ2) is 5.32. The van der Waals surface area contributed by atoms with E-state index in [4.69, 9.17) is 11.6 Å². The molecule has 1 heterocycles. The van der Waals surface area contributed by atoms with E-state index in [2.05, 4.69) is 46.4 Å². The topological polar surface area (TPSA) is 28.1 Å². The van der Waals surface area contributed by atoms with Gasteiger partial charge in [0.1, 0.15) is 0 Å². The van der Waals surface area contributed by atoms with Crippen LogP contribution in [0.2, 0.25) is 5.02 Å². The average molecular weight is 305 g/mol. The smallest absolute Gasteiger partial charge is 0.0630 e. The lowest BCUT2D eigenvalue weighted by Gasteiger charge is -1.99. The first kappa shape index (κ1) is 13.1. The van der Waals surface area contributed by atoms with Crippen molar-refractivity contribution >= 4 is 45.2 Å². The standard InChI is InChI=1S/C19H13ClN2/c20-15-6-8-16(9-7-15)21-11-14-12-22-19-17-4-2-1-3-13(17)5-10-18(14)19/h1-12,22H. The fourth-order valence-electron chi connectivity index (χ4n) is 2.67. The lowest BCUT2D eigenvalue weighted by atomic mass is 10.1. The summed E-state index contributed by atoms with van der Waals surface area (Å²) >= 11 is 5.89. The van der Waals surface area contributed by atoms with Crippen LogP contribution in [0.1, 0.15) is 5.56 Å². The number of hydrogen-bond donors (Lipinski definition) is 1. The van der Waals surface area contributed by atoms with Crippen molar-refractivity contribution in [3.05, 3.63) is 77.4 Å².